The molecule has 2 heterocycles. The molecule has 0 fully saturated rings. The second-order valence-corrected chi connectivity index (χ2v) is 3.35. The lowest BCUT2D eigenvalue weighted by molar-refractivity contribution is 0.395. The SMILES string of the molecule is COc1cccc(CNCc2ccco2)n1. The Bertz CT molecular complexity index is 426. The first-order valence-electron chi connectivity index (χ1n) is 5.11. The molecule has 0 aliphatic carbocycles. The summed E-state index contributed by atoms with van der Waals surface area (Å²) in [5.74, 6) is 1.56. The first kappa shape index (κ1) is 10.7. The number of ether oxygens (including phenoxy) is 1. The molecule has 0 bridgehead atoms. The highest BCUT2D eigenvalue weighted by atomic mass is 16.5. The molecule has 0 aromatic carbocycles. The zero-order chi connectivity index (χ0) is 11.2. The molecule has 2 aromatic rings. The van der Waals surface area contributed by atoms with Gasteiger partial charge in [-0.3, -0.25) is 0 Å². The van der Waals surface area contributed by atoms with Gasteiger partial charge >= 0.3 is 0 Å². The normalized spacial score (nSPS) is 10.3. The first-order valence-corrected chi connectivity index (χ1v) is 5.11. The number of nitrogens with one attached hydrogen (secondary N) is 1. The summed E-state index contributed by atoms with van der Waals surface area (Å²) in [4.78, 5) is 4.29. The van der Waals surface area contributed by atoms with E-state index >= 15 is 0 Å². The topological polar surface area (TPSA) is 47.3 Å². The van der Waals surface area contributed by atoms with E-state index in [1.807, 2.05) is 30.3 Å². The maximum absolute atomic E-state index is 5.21. The predicted octanol–water partition coefficient (Wildman–Crippen LogP) is 1.97. The van der Waals surface area contributed by atoms with Gasteiger partial charge in [-0.2, -0.15) is 0 Å². The van der Waals surface area contributed by atoms with Gasteiger partial charge in [-0.25, -0.2) is 4.98 Å². The zero-order valence-electron chi connectivity index (χ0n) is 9.14. The molecular formula is C12H14N2O2. The second kappa shape index (κ2) is 5.32. The standard InChI is InChI=1S/C12H14N2O2/c1-15-12-6-2-4-10(14-12)8-13-9-11-5-3-7-16-11/h2-7,13H,8-9H2,1H3. The van der Waals surface area contributed by atoms with Crippen LogP contribution in [-0.4, -0.2) is 12.1 Å². The van der Waals surface area contributed by atoms with E-state index in [9.17, 15) is 0 Å². The summed E-state index contributed by atoms with van der Waals surface area (Å²) in [5.41, 5.74) is 0.950. The van der Waals surface area contributed by atoms with Crippen LogP contribution in [0.15, 0.2) is 41.0 Å². The Morgan fingerprint density at radius 1 is 1.25 bits per heavy atom. The molecule has 4 nitrogen and oxygen atoms in total. The number of rotatable bonds is 5. The van der Waals surface area contributed by atoms with Crippen molar-refractivity contribution in [3.8, 4) is 5.88 Å². The Kier molecular flexibility index (Phi) is 3.56. The number of pyridine rings is 1. The Morgan fingerprint density at radius 3 is 2.94 bits per heavy atom. The van der Waals surface area contributed by atoms with Crippen molar-refractivity contribution in [3.63, 3.8) is 0 Å². The first-order chi connectivity index (χ1) is 7.88. The molecule has 0 saturated carbocycles. The third-order valence-electron chi connectivity index (χ3n) is 2.18. The van der Waals surface area contributed by atoms with Crippen LogP contribution in [0.2, 0.25) is 0 Å². The number of aromatic nitrogens is 1. The van der Waals surface area contributed by atoms with Gasteiger partial charge in [-0.1, -0.05) is 6.07 Å². The van der Waals surface area contributed by atoms with Crippen molar-refractivity contribution >= 4 is 0 Å². The molecule has 4 heteroatoms. The minimum Gasteiger partial charge on any atom is -0.481 e. The summed E-state index contributed by atoms with van der Waals surface area (Å²) in [6.45, 7) is 1.39. The molecule has 2 aromatic heterocycles. The van der Waals surface area contributed by atoms with Gasteiger partial charge in [0, 0.05) is 12.6 Å². The van der Waals surface area contributed by atoms with Crippen LogP contribution in [-0.2, 0) is 13.1 Å². The number of methoxy groups -OCH3 is 1. The molecule has 2 rings (SSSR count). The third-order valence-corrected chi connectivity index (χ3v) is 2.18. The van der Waals surface area contributed by atoms with Crippen molar-refractivity contribution in [2.24, 2.45) is 0 Å². The van der Waals surface area contributed by atoms with E-state index < -0.39 is 0 Å². The highest BCUT2D eigenvalue weighted by Crippen LogP contribution is 2.06. The fourth-order valence-corrected chi connectivity index (χ4v) is 1.40. The number of hydrogen-bond donors (Lipinski definition) is 1. The number of furan rings is 1. The molecule has 0 amide bonds. The van der Waals surface area contributed by atoms with Crippen LogP contribution in [0.1, 0.15) is 11.5 Å². The highest BCUT2D eigenvalue weighted by molar-refractivity contribution is 5.15. The van der Waals surface area contributed by atoms with Crippen LogP contribution in [0.4, 0.5) is 0 Å². The average molecular weight is 218 g/mol. The lowest BCUT2D eigenvalue weighted by Crippen LogP contribution is -2.13. The molecule has 1 N–H and O–H groups in total. The zero-order valence-corrected chi connectivity index (χ0v) is 9.14. The van der Waals surface area contributed by atoms with Gasteiger partial charge in [0.1, 0.15) is 5.76 Å². The van der Waals surface area contributed by atoms with Crippen LogP contribution in [0, 0.1) is 0 Å². The Labute approximate surface area is 94.3 Å². The summed E-state index contributed by atoms with van der Waals surface area (Å²) < 4.78 is 10.3. The lowest BCUT2D eigenvalue weighted by Gasteiger charge is -2.04. The van der Waals surface area contributed by atoms with Gasteiger partial charge in [0.05, 0.1) is 25.6 Å². The van der Waals surface area contributed by atoms with Gasteiger partial charge < -0.3 is 14.5 Å². The summed E-state index contributed by atoms with van der Waals surface area (Å²) in [7, 11) is 1.61. The minimum absolute atomic E-state index is 0.636. The molecular weight excluding hydrogens is 204 g/mol. The molecule has 0 unspecified atom stereocenters. The van der Waals surface area contributed by atoms with E-state index in [2.05, 4.69) is 10.3 Å². The smallest absolute Gasteiger partial charge is 0.213 e. The van der Waals surface area contributed by atoms with Crippen molar-refractivity contribution in [1.82, 2.24) is 10.3 Å². The van der Waals surface area contributed by atoms with Gasteiger partial charge in [-0.15, -0.1) is 0 Å². The van der Waals surface area contributed by atoms with Crippen molar-refractivity contribution in [2.45, 2.75) is 13.1 Å². The Balaban J connectivity index is 1.85. The van der Waals surface area contributed by atoms with Crippen molar-refractivity contribution in [1.29, 1.82) is 0 Å². The van der Waals surface area contributed by atoms with E-state index in [-0.39, 0.29) is 0 Å². The van der Waals surface area contributed by atoms with Gasteiger partial charge in [-0.05, 0) is 18.2 Å². The van der Waals surface area contributed by atoms with Crippen molar-refractivity contribution in [2.75, 3.05) is 7.11 Å². The van der Waals surface area contributed by atoms with Crippen LogP contribution < -0.4 is 10.1 Å². The minimum atomic E-state index is 0.636. The Morgan fingerprint density at radius 2 is 2.19 bits per heavy atom. The Hall–Kier alpha value is -1.81. The maximum Gasteiger partial charge on any atom is 0.213 e. The maximum atomic E-state index is 5.21. The van der Waals surface area contributed by atoms with Crippen LogP contribution in [0.5, 0.6) is 5.88 Å². The van der Waals surface area contributed by atoms with Gasteiger partial charge in [0.15, 0.2) is 0 Å². The van der Waals surface area contributed by atoms with Crippen LogP contribution >= 0.6 is 0 Å². The van der Waals surface area contributed by atoms with Crippen LogP contribution in [0.3, 0.4) is 0 Å². The van der Waals surface area contributed by atoms with E-state index in [0.717, 1.165) is 11.5 Å². The summed E-state index contributed by atoms with van der Waals surface area (Å²) >= 11 is 0. The van der Waals surface area contributed by atoms with Crippen molar-refractivity contribution < 1.29 is 9.15 Å². The van der Waals surface area contributed by atoms with E-state index in [0.29, 0.717) is 19.0 Å². The quantitative estimate of drug-likeness (QED) is 0.833. The lowest BCUT2D eigenvalue weighted by atomic mass is 10.3. The molecule has 0 atom stereocenters. The molecule has 16 heavy (non-hydrogen) atoms. The average Bonchev–Trinajstić information content (AvgIpc) is 2.82. The second-order valence-electron chi connectivity index (χ2n) is 3.35. The third kappa shape index (κ3) is 2.84. The molecule has 0 saturated heterocycles. The molecule has 0 spiro atoms. The van der Waals surface area contributed by atoms with E-state index in [1.54, 1.807) is 13.4 Å². The molecule has 84 valence electrons. The molecule has 0 aliphatic rings. The van der Waals surface area contributed by atoms with Crippen LogP contribution in [0.25, 0.3) is 0 Å². The van der Waals surface area contributed by atoms with E-state index in [1.165, 1.54) is 0 Å². The highest BCUT2D eigenvalue weighted by Gasteiger charge is 1.98. The summed E-state index contributed by atoms with van der Waals surface area (Å²) in [6.07, 6.45) is 1.67. The fourth-order valence-electron chi connectivity index (χ4n) is 1.40. The van der Waals surface area contributed by atoms with Gasteiger partial charge in [0.25, 0.3) is 0 Å². The van der Waals surface area contributed by atoms with E-state index in [4.69, 9.17) is 9.15 Å². The predicted molar refractivity (Wildman–Crippen MR) is 60.0 cm³/mol. The largest absolute Gasteiger partial charge is 0.481 e. The monoisotopic (exact) mass is 218 g/mol. The number of nitrogens with zero attached hydrogens (tertiary/aromatic N) is 1. The number of hydrogen-bond acceptors (Lipinski definition) is 4. The van der Waals surface area contributed by atoms with Crippen molar-refractivity contribution in [3.05, 3.63) is 48.0 Å². The van der Waals surface area contributed by atoms with Gasteiger partial charge in [0.2, 0.25) is 5.88 Å². The molecule has 0 radical (unpaired) electrons. The molecule has 0 aliphatic heterocycles. The summed E-state index contributed by atoms with van der Waals surface area (Å²) in [5, 5.41) is 3.24. The fraction of sp³-hybridized carbons (Fsp3) is 0.250. The summed E-state index contributed by atoms with van der Waals surface area (Å²) in [6, 6.07) is 9.52.